The van der Waals surface area contributed by atoms with Crippen LogP contribution in [0.3, 0.4) is 0 Å². The highest BCUT2D eigenvalue weighted by molar-refractivity contribution is 5.84. The predicted octanol–water partition coefficient (Wildman–Crippen LogP) is 1.26. The van der Waals surface area contributed by atoms with Gasteiger partial charge in [0.05, 0.1) is 11.6 Å². The highest BCUT2D eigenvalue weighted by Gasteiger charge is 2.42. The van der Waals surface area contributed by atoms with Gasteiger partial charge in [-0.05, 0) is 58.5 Å². The number of likely N-dealkylation sites (N-methyl/N-ethyl adjacent to an activating group) is 1. The zero-order chi connectivity index (χ0) is 15.3. The molecule has 5 nitrogen and oxygen atoms in total. The number of amides is 1. The molecule has 1 amide bonds. The molecule has 2 rings (SSSR count). The van der Waals surface area contributed by atoms with Gasteiger partial charge in [0.25, 0.3) is 0 Å². The summed E-state index contributed by atoms with van der Waals surface area (Å²) in [4.78, 5) is 14.4. The van der Waals surface area contributed by atoms with E-state index in [1.54, 1.807) is 0 Å². The lowest BCUT2D eigenvalue weighted by atomic mass is 9.77. The summed E-state index contributed by atoms with van der Waals surface area (Å²) in [5, 5.41) is 3.20. The molecule has 1 heterocycles. The first-order valence-corrected chi connectivity index (χ1v) is 8.46. The average Bonchev–Trinajstić information content (AvgIpc) is 2.53. The highest BCUT2D eigenvalue weighted by Crippen LogP contribution is 2.32. The van der Waals surface area contributed by atoms with E-state index in [9.17, 15) is 4.79 Å². The van der Waals surface area contributed by atoms with E-state index in [0.29, 0.717) is 12.1 Å². The summed E-state index contributed by atoms with van der Waals surface area (Å²) in [5.41, 5.74) is 5.14. The van der Waals surface area contributed by atoms with Crippen LogP contribution in [0.1, 0.15) is 51.9 Å². The predicted molar refractivity (Wildman–Crippen MR) is 84.1 cm³/mol. The minimum absolute atomic E-state index is 0.203. The Kier molecular flexibility index (Phi) is 6.02. The molecular formula is C16H31N3O2. The quantitative estimate of drug-likeness (QED) is 0.774. The lowest BCUT2D eigenvalue weighted by Gasteiger charge is -2.45. The van der Waals surface area contributed by atoms with Gasteiger partial charge in [-0.3, -0.25) is 9.69 Å². The van der Waals surface area contributed by atoms with Gasteiger partial charge in [0, 0.05) is 19.2 Å². The monoisotopic (exact) mass is 297 g/mol. The first-order valence-electron chi connectivity index (χ1n) is 8.46. The van der Waals surface area contributed by atoms with Gasteiger partial charge in [0.2, 0.25) is 5.91 Å². The fraction of sp³-hybridized carbons (Fsp3) is 0.938. The van der Waals surface area contributed by atoms with Gasteiger partial charge < -0.3 is 15.8 Å². The maximum absolute atomic E-state index is 11.9. The van der Waals surface area contributed by atoms with E-state index < -0.39 is 5.54 Å². The molecule has 0 aromatic carbocycles. The topological polar surface area (TPSA) is 67.6 Å². The van der Waals surface area contributed by atoms with E-state index in [2.05, 4.69) is 17.1 Å². The van der Waals surface area contributed by atoms with Crippen LogP contribution in [-0.4, -0.2) is 55.2 Å². The molecule has 0 aromatic rings. The molecule has 0 aromatic heterocycles. The van der Waals surface area contributed by atoms with Crippen molar-refractivity contribution < 1.29 is 9.53 Å². The summed E-state index contributed by atoms with van der Waals surface area (Å²) in [6.07, 6.45) is 7.70. The van der Waals surface area contributed by atoms with Crippen molar-refractivity contribution in [3.8, 4) is 0 Å². The van der Waals surface area contributed by atoms with Crippen LogP contribution in [0.25, 0.3) is 0 Å². The number of carbonyl (C=O) groups excluding carboxylic acids is 1. The number of primary amides is 1. The molecular weight excluding hydrogens is 266 g/mol. The zero-order valence-electron chi connectivity index (χ0n) is 13.6. The minimum Gasteiger partial charge on any atom is -0.377 e. The van der Waals surface area contributed by atoms with E-state index in [0.717, 1.165) is 58.2 Å². The lowest BCUT2D eigenvalue weighted by Crippen LogP contribution is -2.60. The lowest BCUT2D eigenvalue weighted by molar-refractivity contribution is -0.126. The molecule has 21 heavy (non-hydrogen) atoms. The molecule has 3 unspecified atom stereocenters. The van der Waals surface area contributed by atoms with E-state index in [1.165, 1.54) is 6.42 Å². The number of nitrogens with zero attached hydrogens (tertiary/aromatic N) is 1. The number of carbonyl (C=O) groups is 1. The Morgan fingerprint density at radius 2 is 2.24 bits per heavy atom. The molecule has 3 atom stereocenters. The number of hydrogen-bond donors (Lipinski definition) is 2. The fourth-order valence-electron chi connectivity index (χ4n) is 3.85. The van der Waals surface area contributed by atoms with Gasteiger partial charge in [-0.15, -0.1) is 0 Å². The molecule has 1 saturated heterocycles. The first-order chi connectivity index (χ1) is 10.1. The summed E-state index contributed by atoms with van der Waals surface area (Å²) in [5.74, 6) is -0.203. The van der Waals surface area contributed by atoms with Crippen LogP contribution >= 0.6 is 0 Å². The van der Waals surface area contributed by atoms with Crippen molar-refractivity contribution in [2.45, 2.75) is 69.6 Å². The number of ether oxygens (including phenoxy) is 1. The average molecular weight is 297 g/mol. The van der Waals surface area contributed by atoms with Crippen molar-refractivity contribution in [1.29, 1.82) is 0 Å². The number of nitrogens with one attached hydrogen (secondary N) is 1. The highest BCUT2D eigenvalue weighted by atomic mass is 16.5. The Bertz CT molecular complexity index is 350. The van der Waals surface area contributed by atoms with Crippen molar-refractivity contribution in [3.05, 3.63) is 0 Å². The Morgan fingerprint density at radius 1 is 1.43 bits per heavy atom. The summed E-state index contributed by atoms with van der Waals surface area (Å²) in [6.45, 7) is 5.12. The Hall–Kier alpha value is -0.650. The standard InChI is InChI=1S/C16H31N3O2/c1-3-10-21-14-7-5-9-19(12-14)13-6-4-8-16(11-13,18-2)15(17)20/h13-14,18H,3-12H2,1-2H3,(H2,17,20). The van der Waals surface area contributed by atoms with Crippen LogP contribution in [0.2, 0.25) is 0 Å². The molecule has 1 aliphatic heterocycles. The Labute approximate surface area is 128 Å². The summed E-state index contributed by atoms with van der Waals surface area (Å²) < 4.78 is 5.93. The smallest absolute Gasteiger partial charge is 0.237 e. The molecule has 2 fully saturated rings. The van der Waals surface area contributed by atoms with Crippen LogP contribution in [0.5, 0.6) is 0 Å². The third-order valence-corrected chi connectivity index (χ3v) is 5.16. The number of rotatable bonds is 6. The molecule has 3 N–H and O–H groups in total. The third-order valence-electron chi connectivity index (χ3n) is 5.16. The summed E-state index contributed by atoms with van der Waals surface area (Å²) >= 11 is 0. The second kappa shape index (κ2) is 7.56. The van der Waals surface area contributed by atoms with Gasteiger partial charge in [-0.1, -0.05) is 6.92 Å². The van der Waals surface area contributed by atoms with Gasteiger partial charge >= 0.3 is 0 Å². The van der Waals surface area contributed by atoms with E-state index in [4.69, 9.17) is 10.5 Å². The molecule has 0 bridgehead atoms. The normalized spacial score (nSPS) is 34.8. The Balaban J connectivity index is 1.95. The van der Waals surface area contributed by atoms with Crippen molar-refractivity contribution in [2.24, 2.45) is 5.73 Å². The summed E-state index contributed by atoms with van der Waals surface area (Å²) in [7, 11) is 1.86. The van der Waals surface area contributed by atoms with Gasteiger partial charge in [-0.2, -0.15) is 0 Å². The van der Waals surface area contributed by atoms with Crippen LogP contribution in [0.4, 0.5) is 0 Å². The maximum atomic E-state index is 11.9. The molecule has 122 valence electrons. The first kappa shape index (κ1) is 16.7. The zero-order valence-corrected chi connectivity index (χ0v) is 13.6. The van der Waals surface area contributed by atoms with Gasteiger partial charge in [0.1, 0.15) is 0 Å². The van der Waals surface area contributed by atoms with E-state index >= 15 is 0 Å². The van der Waals surface area contributed by atoms with Crippen molar-refractivity contribution >= 4 is 5.91 Å². The van der Waals surface area contributed by atoms with E-state index in [-0.39, 0.29) is 5.91 Å². The van der Waals surface area contributed by atoms with Crippen molar-refractivity contribution in [1.82, 2.24) is 10.2 Å². The number of likely N-dealkylation sites (tertiary alicyclic amines) is 1. The largest absolute Gasteiger partial charge is 0.377 e. The minimum atomic E-state index is -0.514. The number of nitrogens with two attached hydrogens (primary N) is 1. The third kappa shape index (κ3) is 3.96. The Morgan fingerprint density at radius 3 is 2.90 bits per heavy atom. The van der Waals surface area contributed by atoms with Crippen molar-refractivity contribution in [3.63, 3.8) is 0 Å². The molecule has 1 saturated carbocycles. The number of piperidine rings is 1. The molecule has 0 radical (unpaired) electrons. The summed E-state index contributed by atoms with van der Waals surface area (Å²) in [6, 6.07) is 0.451. The second-order valence-electron chi connectivity index (χ2n) is 6.58. The van der Waals surface area contributed by atoms with Crippen LogP contribution in [-0.2, 0) is 9.53 Å². The SMILES string of the molecule is CCCOC1CCCN(C2CCCC(NC)(C(N)=O)C2)C1. The number of hydrogen-bond acceptors (Lipinski definition) is 4. The van der Waals surface area contributed by atoms with Gasteiger partial charge in [0.15, 0.2) is 0 Å². The van der Waals surface area contributed by atoms with E-state index in [1.807, 2.05) is 7.05 Å². The fourth-order valence-corrected chi connectivity index (χ4v) is 3.85. The van der Waals surface area contributed by atoms with Crippen LogP contribution < -0.4 is 11.1 Å². The molecule has 0 spiro atoms. The van der Waals surface area contributed by atoms with Gasteiger partial charge in [-0.25, -0.2) is 0 Å². The van der Waals surface area contributed by atoms with Crippen molar-refractivity contribution in [2.75, 3.05) is 26.7 Å². The maximum Gasteiger partial charge on any atom is 0.237 e. The van der Waals surface area contributed by atoms with Crippen LogP contribution in [0.15, 0.2) is 0 Å². The molecule has 1 aliphatic carbocycles. The molecule has 5 heteroatoms. The van der Waals surface area contributed by atoms with Crippen LogP contribution in [0, 0.1) is 0 Å². The second-order valence-corrected chi connectivity index (χ2v) is 6.58. The molecule has 2 aliphatic rings.